The van der Waals surface area contributed by atoms with Crippen LogP contribution in [0, 0.1) is 0 Å². The lowest BCUT2D eigenvalue weighted by molar-refractivity contribution is 1.07. The fraction of sp³-hybridized carbons (Fsp3) is 0. The van der Waals surface area contributed by atoms with Crippen molar-refractivity contribution in [1.82, 2.24) is 19.3 Å². The van der Waals surface area contributed by atoms with Gasteiger partial charge in [-0.3, -0.25) is 4.57 Å². The molecule has 55 heavy (non-hydrogen) atoms. The van der Waals surface area contributed by atoms with Gasteiger partial charge < -0.3 is 9.47 Å². The van der Waals surface area contributed by atoms with E-state index >= 15 is 0 Å². The minimum absolute atomic E-state index is 0.784. The summed E-state index contributed by atoms with van der Waals surface area (Å²) in [5, 5.41) is 12.1. The van der Waals surface area contributed by atoms with Crippen LogP contribution in [0.5, 0.6) is 0 Å². The van der Waals surface area contributed by atoms with Crippen LogP contribution in [-0.4, -0.2) is 19.3 Å². The molecule has 0 amide bonds. The van der Waals surface area contributed by atoms with Crippen molar-refractivity contribution >= 4 is 38.9 Å². The molecule has 0 fully saturated rings. The van der Waals surface area contributed by atoms with E-state index in [0.29, 0.717) is 0 Å². The van der Waals surface area contributed by atoms with Crippen LogP contribution in [0.25, 0.3) is 67.1 Å². The highest BCUT2D eigenvalue weighted by Crippen LogP contribution is 2.39. The largest absolute Gasteiger partial charge is 0.311 e. The molecular weight excluding hydrogens is 671 g/mol. The molecule has 0 aliphatic heterocycles. The van der Waals surface area contributed by atoms with Gasteiger partial charge in [-0.1, -0.05) is 140 Å². The Morgan fingerprint density at radius 3 is 1.31 bits per heavy atom. The van der Waals surface area contributed by atoms with Crippen molar-refractivity contribution in [2.75, 3.05) is 4.90 Å². The predicted octanol–water partition coefficient (Wildman–Crippen LogP) is 12.8. The highest BCUT2D eigenvalue weighted by Gasteiger charge is 2.21. The van der Waals surface area contributed by atoms with Gasteiger partial charge in [-0.05, 0) is 83.9 Å². The Morgan fingerprint density at radius 1 is 0.309 bits per heavy atom. The second kappa shape index (κ2) is 13.8. The Kier molecular flexibility index (Phi) is 8.08. The topological polar surface area (TPSA) is 38.9 Å². The molecule has 0 bridgehead atoms. The Hall–Kier alpha value is -7.50. The average molecular weight is 706 g/mol. The molecule has 10 aromatic rings. The molecule has 10 rings (SSSR count). The van der Waals surface area contributed by atoms with Crippen LogP contribution in [0.3, 0.4) is 0 Å². The Balaban J connectivity index is 1.08. The van der Waals surface area contributed by atoms with Gasteiger partial charge in [0, 0.05) is 50.3 Å². The van der Waals surface area contributed by atoms with Crippen molar-refractivity contribution in [3.63, 3.8) is 0 Å². The van der Waals surface area contributed by atoms with Crippen LogP contribution in [0.2, 0.25) is 0 Å². The quantitative estimate of drug-likeness (QED) is 0.158. The number of rotatable bonds is 8. The molecule has 2 heterocycles. The fourth-order valence-corrected chi connectivity index (χ4v) is 7.75. The van der Waals surface area contributed by atoms with E-state index in [1.807, 2.05) is 24.3 Å². The second-order valence-electron chi connectivity index (χ2n) is 13.5. The lowest BCUT2D eigenvalue weighted by Crippen LogP contribution is -2.10. The first-order valence-electron chi connectivity index (χ1n) is 18.5. The minimum atomic E-state index is 0.784. The maximum atomic E-state index is 4.85. The van der Waals surface area contributed by atoms with Gasteiger partial charge in [-0.2, -0.15) is 0 Å². The molecule has 5 heteroatoms. The molecule has 2 aromatic heterocycles. The average Bonchev–Trinajstić information content (AvgIpc) is 3.86. The van der Waals surface area contributed by atoms with Crippen LogP contribution in [0.15, 0.2) is 212 Å². The maximum absolute atomic E-state index is 4.85. The van der Waals surface area contributed by atoms with E-state index in [2.05, 4.69) is 202 Å². The van der Waals surface area contributed by atoms with Crippen molar-refractivity contribution < 1.29 is 0 Å². The lowest BCUT2D eigenvalue weighted by Gasteiger charge is -2.26. The number of para-hydroxylation sites is 3. The standard InChI is InChI=1S/C50H35N5/c1-4-16-36(17-5-1)43-22-10-11-25-46(43)50-52-51-49(37-18-6-2-7-19-37)55(50)42-34-30-40(31-35-42)53(38-20-8-3-9-21-38)39-28-32-41(33-29-39)54-47-26-14-12-23-44(47)45-24-13-15-27-48(45)54/h1-35H. The molecule has 0 radical (unpaired) electrons. The van der Waals surface area contributed by atoms with Gasteiger partial charge in [-0.25, -0.2) is 0 Å². The minimum Gasteiger partial charge on any atom is -0.311 e. The lowest BCUT2D eigenvalue weighted by atomic mass is 9.99. The van der Waals surface area contributed by atoms with Gasteiger partial charge in [-0.15, -0.1) is 10.2 Å². The molecule has 0 saturated heterocycles. The SMILES string of the molecule is c1ccc(-c2ccccc2-c2nnc(-c3ccccc3)n2-c2ccc(N(c3ccccc3)c3ccc(-n4c5ccccc5c5ccccc54)cc3)cc2)cc1. The summed E-state index contributed by atoms with van der Waals surface area (Å²) in [4.78, 5) is 2.30. The third-order valence-corrected chi connectivity index (χ3v) is 10.3. The van der Waals surface area contributed by atoms with Gasteiger partial charge in [0.1, 0.15) is 0 Å². The monoisotopic (exact) mass is 705 g/mol. The summed E-state index contributed by atoms with van der Waals surface area (Å²) in [5.74, 6) is 1.57. The zero-order valence-electron chi connectivity index (χ0n) is 29.9. The Morgan fingerprint density at radius 2 is 0.727 bits per heavy atom. The van der Waals surface area contributed by atoms with E-state index in [9.17, 15) is 0 Å². The summed E-state index contributed by atoms with van der Waals surface area (Å²) in [5.41, 5.74) is 11.9. The normalized spacial score (nSPS) is 11.3. The van der Waals surface area contributed by atoms with E-state index < -0.39 is 0 Å². The molecule has 8 aromatic carbocycles. The van der Waals surface area contributed by atoms with Crippen molar-refractivity contribution in [2.24, 2.45) is 0 Å². The smallest absolute Gasteiger partial charge is 0.169 e. The molecular formula is C50H35N5. The van der Waals surface area contributed by atoms with Crippen LogP contribution >= 0.6 is 0 Å². The zero-order chi connectivity index (χ0) is 36.6. The fourth-order valence-electron chi connectivity index (χ4n) is 7.75. The van der Waals surface area contributed by atoms with E-state index in [4.69, 9.17) is 10.2 Å². The number of hydrogen-bond acceptors (Lipinski definition) is 3. The summed E-state index contributed by atoms with van der Waals surface area (Å²) in [6.45, 7) is 0. The molecule has 0 spiro atoms. The summed E-state index contributed by atoms with van der Waals surface area (Å²) in [6, 6.07) is 74.5. The first-order valence-corrected chi connectivity index (χ1v) is 18.5. The molecule has 5 nitrogen and oxygen atoms in total. The first kappa shape index (κ1) is 32.2. The third kappa shape index (κ3) is 5.75. The summed E-state index contributed by atoms with van der Waals surface area (Å²) < 4.78 is 4.53. The van der Waals surface area contributed by atoms with E-state index in [1.165, 1.54) is 21.8 Å². The highest BCUT2D eigenvalue weighted by molar-refractivity contribution is 6.09. The van der Waals surface area contributed by atoms with E-state index in [0.717, 1.165) is 62.3 Å². The molecule has 0 unspecified atom stereocenters. The number of nitrogens with zero attached hydrogens (tertiary/aromatic N) is 5. The van der Waals surface area contributed by atoms with E-state index in [1.54, 1.807) is 0 Å². The highest BCUT2D eigenvalue weighted by atomic mass is 15.3. The molecule has 0 aliphatic rings. The molecule has 260 valence electrons. The van der Waals surface area contributed by atoms with Crippen molar-refractivity contribution in [1.29, 1.82) is 0 Å². The molecule has 0 saturated carbocycles. The molecule has 0 N–H and O–H groups in total. The van der Waals surface area contributed by atoms with Gasteiger partial charge in [0.2, 0.25) is 0 Å². The van der Waals surface area contributed by atoms with Crippen LogP contribution in [0.4, 0.5) is 17.1 Å². The first-order chi connectivity index (χ1) is 27.3. The van der Waals surface area contributed by atoms with Crippen molar-refractivity contribution in [3.05, 3.63) is 212 Å². The van der Waals surface area contributed by atoms with Crippen LogP contribution < -0.4 is 4.90 Å². The van der Waals surface area contributed by atoms with Gasteiger partial charge in [0.15, 0.2) is 11.6 Å². The van der Waals surface area contributed by atoms with Crippen LogP contribution in [0.1, 0.15) is 0 Å². The van der Waals surface area contributed by atoms with Gasteiger partial charge in [0.05, 0.1) is 11.0 Å². The maximum Gasteiger partial charge on any atom is 0.169 e. The number of fused-ring (bicyclic) bond motifs is 3. The van der Waals surface area contributed by atoms with Crippen molar-refractivity contribution in [2.45, 2.75) is 0 Å². The summed E-state index contributed by atoms with van der Waals surface area (Å²) in [6.07, 6.45) is 0. The molecule has 0 atom stereocenters. The number of benzene rings is 8. The Labute approximate surface area is 319 Å². The predicted molar refractivity (Wildman–Crippen MR) is 227 cm³/mol. The third-order valence-electron chi connectivity index (χ3n) is 10.3. The number of anilines is 3. The Bertz CT molecular complexity index is 2840. The van der Waals surface area contributed by atoms with Gasteiger partial charge >= 0.3 is 0 Å². The number of aromatic nitrogens is 4. The van der Waals surface area contributed by atoms with Gasteiger partial charge in [0.25, 0.3) is 0 Å². The summed E-state index contributed by atoms with van der Waals surface area (Å²) in [7, 11) is 0. The van der Waals surface area contributed by atoms with Crippen molar-refractivity contribution in [3.8, 4) is 45.3 Å². The number of hydrogen-bond donors (Lipinski definition) is 0. The zero-order valence-corrected chi connectivity index (χ0v) is 29.9. The van der Waals surface area contributed by atoms with E-state index in [-0.39, 0.29) is 0 Å². The van der Waals surface area contributed by atoms with Crippen LogP contribution in [-0.2, 0) is 0 Å². The summed E-state index contributed by atoms with van der Waals surface area (Å²) >= 11 is 0. The molecule has 0 aliphatic carbocycles. The second-order valence-corrected chi connectivity index (χ2v) is 13.5.